The fourth-order valence-electron chi connectivity index (χ4n) is 1.96. The molecule has 2 rings (SSSR count). The van der Waals surface area contributed by atoms with Gasteiger partial charge in [-0.3, -0.25) is 0 Å². The minimum Gasteiger partial charge on any atom is -0.380 e. The second-order valence-electron chi connectivity index (χ2n) is 4.45. The molecule has 0 bridgehead atoms. The molecule has 3 N–H and O–H groups in total. The van der Waals surface area contributed by atoms with Gasteiger partial charge < -0.3 is 16.0 Å². The van der Waals surface area contributed by atoms with E-state index in [0.29, 0.717) is 6.04 Å². The second-order valence-corrected chi connectivity index (χ2v) is 4.45. The molecule has 1 heterocycles. The molecule has 1 aromatic carbocycles. The van der Waals surface area contributed by atoms with Crippen molar-refractivity contribution >= 4 is 5.69 Å². The van der Waals surface area contributed by atoms with E-state index in [0.717, 1.165) is 24.3 Å². The summed E-state index contributed by atoms with van der Waals surface area (Å²) >= 11 is 0. The summed E-state index contributed by atoms with van der Waals surface area (Å²) < 4.78 is 0. The van der Waals surface area contributed by atoms with E-state index < -0.39 is 0 Å². The fraction of sp³-hybridized carbons (Fsp3) is 0.385. The van der Waals surface area contributed by atoms with Crippen molar-refractivity contribution in [3.63, 3.8) is 0 Å². The number of hydrogen-bond donors (Lipinski definition) is 2. The number of nitrogens with one attached hydrogen (secondary N) is 1. The van der Waals surface area contributed by atoms with E-state index >= 15 is 0 Å². The topological polar surface area (TPSA) is 41.3 Å². The highest BCUT2D eigenvalue weighted by Gasteiger charge is 2.22. The number of nitrogens with zero attached hydrogens (tertiary/aromatic N) is 1. The van der Waals surface area contributed by atoms with Gasteiger partial charge in [-0.1, -0.05) is 18.2 Å². The molecule has 0 amide bonds. The first kappa shape index (κ1) is 11.2. The Labute approximate surface area is 96.9 Å². The highest BCUT2D eigenvalue weighted by molar-refractivity contribution is 5.46. The van der Waals surface area contributed by atoms with Crippen LogP contribution in [0.2, 0.25) is 0 Å². The molecule has 1 aliphatic heterocycles. The van der Waals surface area contributed by atoms with E-state index in [1.807, 2.05) is 0 Å². The first-order chi connectivity index (χ1) is 7.69. The van der Waals surface area contributed by atoms with E-state index in [4.69, 9.17) is 5.73 Å². The molecule has 0 aliphatic carbocycles. The van der Waals surface area contributed by atoms with Crippen molar-refractivity contribution in [2.75, 3.05) is 25.5 Å². The van der Waals surface area contributed by atoms with Crippen LogP contribution in [0.15, 0.2) is 36.9 Å². The largest absolute Gasteiger partial charge is 0.380 e. The molecule has 1 fully saturated rings. The van der Waals surface area contributed by atoms with Crippen LogP contribution in [0.1, 0.15) is 11.6 Å². The summed E-state index contributed by atoms with van der Waals surface area (Å²) in [5, 5.41) is 3.48. The summed E-state index contributed by atoms with van der Waals surface area (Å²) in [4.78, 5) is 2.29. The van der Waals surface area contributed by atoms with Crippen molar-refractivity contribution in [3.05, 3.63) is 42.5 Å². The number of likely N-dealkylation sites (tertiary alicyclic amines) is 1. The van der Waals surface area contributed by atoms with E-state index in [1.165, 1.54) is 0 Å². The van der Waals surface area contributed by atoms with Crippen LogP contribution in [-0.4, -0.2) is 31.1 Å². The molecule has 16 heavy (non-hydrogen) atoms. The third-order valence-electron chi connectivity index (χ3n) is 2.98. The van der Waals surface area contributed by atoms with Gasteiger partial charge in [0.05, 0.1) is 6.04 Å². The second kappa shape index (κ2) is 4.68. The number of benzene rings is 1. The minimum absolute atomic E-state index is 0.0658. The van der Waals surface area contributed by atoms with Crippen LogP contribution in [0.4, 0.5) is 5.69 Å². The number of likely N-dealkylation sites (N-methyl/N-ethyl adjacent to an activating group) is 1. The van der Waals surface area contributed by atoms with Gasteiger partial charge in [0.25, 0.3) is 0 Å². The molecule has 0 aromatic heterocycles. The van der Waals surface area contributed by atoms with Crippen molar-refractivity contribution in [1.29, 1.82) is 0 Å². The Morgan fingerprint density at radius 1 is 1.44 bits per heavy atom. The zero-order chi connectivity index (χ0) is 11.5. The third-order valence-corrected chi connectivity index (χ3v) is 2.98. The highest BCUT2D eigenvalue weighted by atomic mass is 15.2. The maximum atomic E-state index is 5.86. The van der Waals surface area contributed by atoms with Crippen LogP contribution in [-0.2, 0) is 0 Å². The quantitative estimate of drug-likeness (QED) is 0.753. The molecule has 0 saturated carbocycles. The van der Waals surface area contributed by atoms with Gasteiger partial charge in [-0.15, -0.1) is 6.58 Å². The molecular weight excluding hydrogens is 198 g/mol. The number of hydrogen-bond acceptors (Lipinski definition) is 3. The average molecular weight is 217 g/mol. The van der Waals surface area contributed by atoms with Gasteiger partial charge in [0.15, 0.2) is 0 Å². The lowest BCUT2D eigenvalue weighted by molar-refractivity contribution is 0.205. The van der Waals surface area contributed by atoms with Crippen molar-refractivity contribution in [2.24, 2.45) is 5.73 Å². The van der Waals surface area contributed by atoms with Crippen LogP contribution in [0.5, 0.6) is 0 Å². The van der Waals surface area contributed by atoms with Crippen LogP contribution in [0.3, 0.4) is 0 Å². The monoisotopic (exact) mass is 217 g/mol. The molecule has 0 spiro atoms. The Morgan fingerprint density at radius 2 is 2.06 bits per heavy atom. The van der Waals surface area contributed by atoms with Crippen LogP contribution < -0.4 is 11.1 Å². The SMILES string of the molecule is C=CC(N)c1ccc(NC2CN(C)C2)cc1. The first-order valence-electron chi connectivity index (χ1n) is 5.62. The van der Waals surface area contributed by atoms with Crippen molar-refractivity contribution in [3.8, 4) is 0 Å². The van der Waals surface area contributed by atoms with Gasteiger partial charge in [0.2, 0.25) is 0 Å². The standard InChI is InChI=1S/C13H19N3/c1-3-13(14)10-4-6-11(7-5-10)15-12-8-16(2)9-12/h3-7,12-13,15H,1,8-9,14H2,2H3. The van der Waals surface area contributed by atoms with Gasteiger partial charge in [0, 0.05) is 24.8 Å². The zero-order valence-electron chi connectivity index (χ0n) is 9.69. The Bertz CT molecular complexity index is 352. The number of anilines is 1. The molecule has 1 aromatic rings. The van der Waals surface area contributed by atoms with Gasteiger partial charge >= 0.3 is 0 Å². The molecule has 1 saturated heterocycles. The van der Waals surface area contributed by atoms with E-state index in [1.54, 1.807) is 6.08 Å². The predicted molar refractivity (Wildman–Crippen MR) is 68.5 cm³/mol. The summed E-state index contributed by atoms with van der Waals surface area (Å²) in [6.45, 7) is 5.93. The van der Waals surface area contributed by atoms with Gasteiger partial charge in [-0.2, -0.15) is 0 Å². The Kier molecular flexibility index (Phi) is 3.27. The molecule has 3 heteroatoms. The van der Waals surface area contributed by atoms with Gasteiger partial charge in [0.1, 0.15) is 0 Å². The molecule has 1 unspecified atom stereocenters. The van der Waals surface area contributed by atoms with Gasteiger partial charge in [-0.25, -0.2) is 0 Å². The lowest BCUT2D eigenvalue weighted by Crippen LogP contribution is -2.52. The lowest BCUT2D eigenvalue weighted by Gasteiger charge is -2.37. The summed E-state index contributed by atoms with van der Waals surface area (Å²) in [6, 6.07) is 8.79. The molecular formula is C13H19N3. The summed E-state index contributed by atoms with van der Waals surface area (Å²) in [6.07, 6.45) is 1.75. The summed E-state index contributed by atoms with van der Waals surface area (Å²) in [5.41, 5.74) is 8.12. The van der Waals surface area contributed by atoms with Crippen molar-refractivity contribution in [1.82, 2.24) is 4.90 Å². The van der Waals surface area contributed by atoms with Crippen LogP contribution in [0, 0.1) is 0 Å². The maximum absolute atomic E-state index is 5.86. The molecule has 86 valence electrons. The van der Waals surface area contributed by atoms with E-state index in [2.05, 4.69) is 48.1 Å². The Morgan fingerprint density at radius 3 is 2.56 bits per heavy atom. The summed E-state index contributed by atoms with van der Waals surface area (Å²) in [5.74, 6) is 0. The fourth-order valence-corrected chi connectivity index (χ4v) is 1.96. The molecule has 3 nitrogen and oxygen atoms in total. The Hall–Kier alpha value is -1.32. The minimum atomic E-state index is -0.0658. The number of nitrogens with two attached hydrogens (primary N) is 1. The third kappa shape index (κ3) is 2.43. The smallest absolute Gasteiger partial charge is 0.0515 e. The maximum Gasteiger partial charge on any atom is 0.0515 e. The van der Waals surface area contributed by atoms with Crippen molar-refractivity contribution in [2.45, 2.75) is 12.1 Å². The highest BCUT2D eigenvalue weighted by Crippen LogP contribution is 2.17. The average Bonchev–Trinajstić information content (AvgIpc) is 2.27. The zero-order valence-corrected chi connectivity index (χ0v) is 9.69. The van der Waals surface area contributed by atoms with Crippen LogP contribution in [0.25, 0.3) is 0 Å². The predicted octanol–water partition coefficient (Wildman–Crippen LogP) is 1.60. The van der Waals surface area contributed by atoms with Crippen molar-refractivity contribution < 1.29 is 0 Å². The number of rotatable bonds is 4. The normalized spacial score (nSPS) is 18.9. The first-order valence-corrected chi connectivity index (χ1v) is 5.62. The van der Waals surface area contributed by atoms with Gasteiger partial charge in [-0.05, 0) is 24.7 Å². The summed E-state index contributed by atoms with van der Waals surface area (Å²) in [7, 11) is 2.13. The Balaban J connectivity index is 1.94. The van der Waals surface area contributed by atoms with E-state index in [9.17, 15) is 0 Å². The molecule has 0 radical (unpaired) electrons. The molecule has 1 atom stereocenters. The van der Waals surface area contributed by atoms with E-state index in [-0.39, 0.29) is 6.04 Å². The van der Waals surface area contributed by atoms with Crippen LogP contribution >= 0.6 is 0 Å². The lowest BCUT2D eigenvalue weighted by atomic mass is 10.1. The molecule has 1 aliphatic rings.